The highest BCUT2D eigenvalue weighted by molar-refractivity contribution is 5.92. The average molecular weight is 384 g/mol. The van der Waals surface area contributed by atoms with E-state index in [2.05, 4.69) is 15.5 Å². The summed E-state index contributed by atoms with van der Waals surface area (Å²) in [5.74, 6) is -0.198. The Bertz CT molecular complexity index is 980. The summed E-state index contributed by atoms with van der Waals surface area (Å²) in [7, 11) is 0. The zero-order chi connectivity index (χ0) is 20.1. The molecule has 0 aliphatic rings. The van der Waals surface area contributed by atoms with Crippen LogP contribution in [0, 0.1) is 10.1 Å². The molecule has 1 atom stereocenters. The van der Waals surface area contributed by atoms with Crippen molar-refractivity contribution < 1.29 is 14.5 Å². The van der Waals surface area contributed by atoms with Crippen LogP contribution in [0.2, 0.25) is 0 Å². The summed E-state index contributed by atoms with van der Waals surface area (Å²) < 4.78 is 8.67. The minimum absolute atomic E-state index is 0.0592. The smallest absolute Gasteiger partial charge is 0.311 e. The maximum Gasteiger partial charge on any atom is 0.311 e. The molecule has 0 saturated carbocycles. The molecule has 3 aromatic rings. The molecule has 2 aromatic heterocycles. The van der Waals surface area contributed by atoms with Gasteiger partial charge in [-0.05, 0) is 32.0 Å². The SMILES string of the molecule is CCn1nccc1[C@H](C)NC(=O)c1ccn(COc2ccccc2[N+](=O)[O-])n1. The van der Waals surface area contributed by atoms with Gasteiger partial charge in [0.05, 0.1) is 16.7 Å². The van der Waals surface area contributed by atoms with Crippen molar-refractivity contribution in [2.75, 3.05) is 0 Å². The molecule has 3 rings (SSSR count). The second kappa shape index (κ2) is 8.33. The van der Waals surface area contributed by atoms with Gasteiger partial charge in [0.1, 0.15) is 5.69 Å². The molecule has 28 heavy (non-hydrogen) atoms. The summed E-state index contributed by atoms with van der Waals surface area (Å²) in [6.45, 7) is 4.50. The van der Waals surface area contributed by atoms with Gasteiger partial charge < -0.3 is 10.1 Å². The number of carbonyl (C=O) groups excluding carboxylic acids is 1. The predicted octanol–water partition coefficient (Wildman–Crippen LogP) is 2.54. The number of nitro benzene ring substituents is 1. The average Bonchev–Trinajstić information content (AvgIpc) is 3.35. The zero-order valence-corrected chi connectivity index (χ0v) is 15.5. The number of nitrogens with zero attached hydrogens (tertiary/aromatic N) is 5. The third-order valence-electron chi connectivity index (χ3n) is 4.13. The maximum atomic E-state index is 12.4. The number of ether oxygens (including phenoxy) is 1. The standard InChI is InChI=1S/C18H20N6O4/c1-3-23-15(8-10-19-23)13(2)20-18(25)14-9-11-22(21-14)12-28-17-7-5-4-6-16(17)24(26)27/h4-11,13H,3,12H2,1-2H3,(H,20,25)/t13-/m0/s1. The van der Waals surface area contributed by atoms with E-state index in [4.69, 9.17) is 4.74 Å². The number of amides is 1. The van der Waals surface area contributed by atoms with Crippen molar-refractivity contribution in [3.05, 3.63) is 70.3 Å². The molecule has 1 amide bonds. The number of nitro groups is 1. The second-order valence-electron chi connectivity index (χ2n) is 6.01. The van der Waals surface area contributed by atoms with Crippen LogP contribution in [0.15, 0.2) is 48.8 Å². The molecule has 0 spiro atoms. The molecular formula is C18H20N6O4. The van der Waals surface area contributed by atoms with Gasteiger partial charge in [-0.15, -0.1) is 0 Å². The molecule has 0 fully saturated rings. The molecule has 0 unspecified atom stereocenters. The van der Waals surface area contributed by atoms with Crippen LogP contribution >= 0.6 is 0 Å². The monoisotopic (exact) mass is 384 g/mol. The summed E-state index contributed by atoms with van der Waals surface area (Å²) in [6, 6.07) is 9.26. The number of nitrogens with one attached hydrogen (secondary N) is 1. The number of hydrogen-bond acceptors (Lipinski definition) is 6. The van der Waals surface area contributed by atoms with Crippen LogP contribution in [-0.2, 0) is 13.3 Å². The molecule has 10 nitrogen and oxygen atoms in total. The molecule has 146 valence electrons. The molecule has 0 aliphatic carbocycles. The third kappa shape index (κ3) is 4.17. The van der Waals surface area contributed by atoms with Crippen LogP contribution < -0.4 is 10.1 Å². The topological polar surface area (TPSA) is 117 Å². The van der Waals surface area contributed by atoms with Gasteiger partial charge >= 0.3 is 5.69 Å². The molecule has 0 aliphatic heterocycles. The minimum Gasteiger partial charge on any atom is -0.464 e. The zero-order valence-electron chi connectivity index (χ0n) is 15.5. The first-order valence-corrected chi connectivity index (χ1v) is 8.71. The van der Waals surface area contributed by atoms with Gasteiger partial charge in [-0.2, -0.15) is 10.2 Å². The first-order chi connectivity index (χ1) is 13.5. The first kappa shape index (κ1) is 19.1. The van der Waals surface area contributed by atoms with Crippen molar-refractivity contribution >= 4 is 11.6 Å². The highest BCUT2D eigenvalue weighted by atomic mass is 16.6. The normalized spacial score (nSPS) is 11.8. The summed E-state index contributed by atoms with van der Waals surface area (Å²) >= 11 is 0. The summed E-state index contributed by atoms with van der Waals surface area (Å²) in [5, 5.41) is 22.3. The number of hydrogen-bond donors (Lipinski definition) is 1. The summed E-state index contributed by atoms with van der Waals surface area (Å²) in [4.78, 5) is 22.9. The van der Waals surface area contributed by atoms with Crippen LogP contribution in [0.5, 0.6) is 5.75 Å². The summed E-state index contributed by atoms with van der Waals surface area (Å²) in [5.41, 5.74) is 0.990. The van der Waals surface area contributed by atoms with Gasteiger partial charge in [0.15, 0.2) is 12.5 Å². The number of rotatable bonds is 8. The van der Waals surface area contributed by atoms with Crippen molar-refractivity contribution in [3.8, 4) is 5.75 Å². The number of para-hydroxylation sites is 2. The van der Waals surface area contributed by atoms with Gasteiger partial charge in [-0.25, -0.2) is 4.68 Å². The van der Waals surface area contributed by atoms with E-state index in [9.17, 15) is 14.9 Å². The van der Waals surface area contributed by atoms with Crippen molar-refractivity contribution in [1.82, 2.24) is 24.9 Å². The van der Waals surface area contributed by atoms with E-state index >= 15 is 0 Å². The van der Waals surface area contributed by atoms with E-state index in [-0.39, 0.29) is 35.8 Å². The van der Waals surface area contributed by atoms with Crippen LogP contribution in [0.25, 0.3) is 0 Å². The van der Waals surface area contributed by atoms with Gasteiger partial charge in [-0.1, -0.05) is 12.1 Å². The van der Waals surface area contributed by atoms with Gasteiger partial charge in [0.2, 0.25) is 0 Å². The van der Waals surface area contributed by atoms with Crippen molar-refractivity contribution in [3.63, 3.8) is 0 Å². The Morgan fingerprint density at radius 1 is 1.32 bits per heavy atom. The third-order valence-corrected chi connectivity index (χ3v) is 4.13. The van der Waals surface area contributed by atoms with Crippen LogP contribution in [0.4, 0.5) is 5.69 Å². The lowest BCUT2D eigenvalue weighted by atomic mass is 10.2. The van der Waals surface area contributed by atoms with Crippen molar-refractivity contribution in [1.29, 1.82) is 0 Å². The Kier molecular flexibility index (Phi) is 5.68. The Morgan fingerprint density at radius 2 is 2.11 bits per heavy atom. The Morgan fingerprint density at radius 3 is 2.86 bits per heavy atom. The largest absolute Gasteiger partial charge is 0.464 e. The molecule has 0 bridgehead atoms. The first-order valence-electron chi connectivity index (χ1n) is 8.71. The minimum atomic E-state index is -0.514. The van der Waals surface area contributed by atoms with E-state index < -0.39 is 4.92 Å². The Balaban J connectivity index is 1.62. The molecule has 0 radical (unpaired) electrons. The van der Waals surface area contributed by atoms with E-state index in [0.29, 0.717) is 6.54 Å². The fourth-order valence-electron chi connectivity index (χ4n) is 2.74. The number of aromatic nitrogens is 4. The van der Waals surface area contributed by atoms with E-state index in [1.807, 2.05) is 24.6 Å². The van der Waals surface area contributed by atoms with E-state index in [1.165, 1.54) is 16.8 Å². The molecule has 1 aromatic carbocycles. The van der Waals surface area contributed by atoms with Crippen LogP contribution in [0.3, 0.4) is 0 Å². The predicted molar refractivity (Wildman–Crippen MR) is 99.7 cm³/mol. The number of aryl methyl sites for hydroxylation is 1. The molecule has 10 heteroatoms. The lowest BCUT2D eigenvalue weighted by Crippen LogP contribution is -2.28. The fourth-order valence-corrected chi connectivity index (χ4v) is 2.74. The Labute approximate surface area is 160 Å². The second-order valence-corrected chi connectivity index (χ2v) is 6.01. The lowest BCUT2D eigenvalue weighted by Gasteiger charge is -2.14. The molecule has 1 N–H and O–H groups in total. The van der Waals surface area contributed by atoms with Gasteiger partial charge in [-0.3, -0.25) is 19.6 Å². The number of benzene rings is 1. The quantitative estimate of drug-likeness (QED) is 0.471. The molecule has 2 heterocycles. The fraction of sp³-hybridized carbons (Fsp3) is 0.278. The van der Waals surface area contributed by atoms with Gasteiger partial charge in [0.25, 0.3) is 5.91 Å². The molecular weight excluding hydrogens is 364 g/mol. The van der Waals surface area contributed by atoms with Crippen molar-refractivity contribution in [2.45, 2.75) is 33.2 Å². The van der Waals surface area contributed by atoms with E-state index in [1.54, 1.807) is 30.6 Å². The highest BCUT2D eigenvalue weighted by Crippen LogP contribution is 2.26. The summed E-state index contributed by atoms with van der Waals surface area (Å²) in [6.07, 6.45) is 3.26. The van der Waals surface area contributed by atoms with Crippen LogP contribution in [0.1, 0.15) is 36.1 Å². The highest BCUT2D eigenvalue weighted by Gasteiger charge is 2.17. The molecule has 0 saturated heterocycles. The van der Waals surface area contributed by atoms with E-state index in [0.717, 1.165) is 5.69 Å². The van der Waals surface area contributed by atoms with Crippen LogP contribution in [-0.4, -0.2) is 30.4 Å². The number of carbonyl (C=O) groups is 1. The van der Waals surface area contributed by atoms with Gasteiger partial charge in [0, 0.05) is 25.0 Å². The maximum absolute atomic E-state index is 12.4. The lowest BCUT2D eigenvalue weighted by molar-refractivity contribution is -0.386. The Hall–Kier alpha value is -3.69. The van der Waals surface area contributed by atoms with Crippen molar-refractivity contribution in [2.24, 2.45) is 0 Å².